The van der Waals surface area contributed by atoms with Gasteiger partial charge in [0.2, 0.25) is 0 Å². The molecule has 0 amide bonds. The van der Waals surface area contributed by atoms with Gasteiger partial charge < -0.3 is 0 Å². The zero-order chi connectivity index (χ0) is 33.3. The Hall–Kier alpha value is -6.71. The van der Waals surface area contributed by atoms with Gasteiger partial charge >= 0.3 is 0 Å². The van der Waals surface area contributed by atoms with E-state index in [1.807, 2.05) is 36.4 Å². The first-order valence-electron chi connectivity index (χ1n) is 16.9. The Kier molecular flexibility index (Phi) is 7.49. The maximum absolute atomic E-state index is 5.11. The van der Waals surface area contributed by atoms with Crippen LogP contribution in [0.25, 0.3) is 89.1 Å². The number of rotatable bonds is 6. The van der Waals surface area contributed by atoms with E-state index in [4.69, 9.17) is 15.0 Å². The first-order valence-corrected chi connectivity index (χ1v) is 16.9. The third-order valence-electron chi connectivity index (χ3n) is 9.34. The molecule has 0 saturated heterocycles. The molecule has 8 aromatic carbocycles. The van der Waals surface area contributed by atoms with Crippen molar-refractivity contribution in [3.05, 3.63) is 188 Å². The van der Waals surface area contributed by atoms with Crippen molar-refractivity contribution in [1.82, 2.24) is 15.0 Å². The minimum absolute atomic E-state index is 0.644. The van der Waals surface area contributed by atoms with Gasteiger partial charge in [-0.1, -0.05) is 170 Å². The van der Waals surface area contributed by atoms with Crippen molar-refractivity contribution in [2.24, 2.45) is 0 Å². The summed E-state index contributed by atoms with van der Waals surface area (Å²) < 4.78 is 0. The summed E-state index contributed by atoms with van der Waals surface area (Å²) in [6.45, 7) is 0. The SMILES string of the molecule is c1ccc(-c2ccc(-c3nc(-c4ccccc4)nc(-c4ccc(-c5ccc6cc(-c7ccccc7)ccc6c5)c5ccccc45)n3)cc2)cc1. The summed E-state index contributed by atoms with van der Waals surface area (Å²) in [7, 11) is 0. The molecule has 0 aliphatic heterocycles. The van der Waals surface area contributed by atoms with Gasteiger partial charge in [-0.25, -0.2) is 15.0 Å². The molecule has 0 atom stereocenters. The van der Waals surface area contributed by atoms with Crippen LogP contribution in [0.5, 0.6) is 0 Å². The van der Waals surface area contributed by atoms with Crippen molar-refractivity contribution < 1.29 is 0 Å². The van der Waals surface area contributed by atoms with Crippen LogP contribution >= 0.6 is 0 Å². The minimum Gasteiger partial charge on any atom is -0.208 e. The standard InChI is InChI=1S/C47H31N3/c1-4-12-32(13-5-1)34-20-22-36(23-21-34)46-48-45(35-16-8-3-9-17-35)49-47(50-46)44-29-28-41(42-18-10-11-19-43(42)44)40-27-26-38-30-37(24-25-39(38)31-40)33-14-6-2-7-15-33/h1-31H. The number of hydrogen-bond acceptors (Lipinski definition) is 3. The van der Waals surface area contributed by atoms with E-state index in [0.29, 0.717) is 17.5 Å². The van der Waals surface area contributed by atoms with Gasteiger partial charge in [0.05, 0.1) is 0 Å². The quantitative estimate of drug-likeness (QED) is 0.182. The molecule has 9 rings (SSSR count). The molecule has 0 unspecified atom stereocenters. The lowest BCUT2D eigenvalue weighted by Crippen LogP contribution is -2.00. The zero-order valence-electron chi connectivity index (χ0n) is 27.2. The first-order chi connectivity index (χ1) is 24.8. The van der Waals surface area contributed by atoms with Crippen molar-refractivity contribution in [1.29, 1.82) is 0 Å². The third-order valence-corrected chi connectivity index (χ3v) is 9.34. The van der Waals surface area contributed by atoms with Crippen molar-refractivity contribution in [3.8, 4) is 67.5 Å². The van der Waals surface area contributed by atoms with Crippen LogP contribution in [0.3, 0.4) is 0 Å². The largest absolute Gasteiger partial charge is 0.208 e. The molecule has 0 N–H and O–H groups in total. The maximum atomic E-state index is 5.11. The Morgan fingerprint density at radius 1 is 0.240 bits per heavy atom. The van der Waals surface area contributed by atoms with E-state index in [2.05, 4.69) is 152 Å². The predicted octanol–water partition coefficient (Wildman–Crippen LogP) is 12.2. The predicted molar refractivity (Wildman–Crippen MR) is 207 cm³/mol. The molecule has 0 aliphatic carbocycles. The summed E-state index contributed by atoms with van der Waals surface area (Å²) in [6.07, 6.45) is 0. The van der Waals surface area contributed by atoms with Crippen LogP contribution in [-0.2, 0) is 0 Å². The molecule has 9 aromatic rings. The van der Waals surface area contributed by atoms with Gasteiger partial charge in [0.15, 0.2) is 17.5 Å². The van der Waals surface area contributed by atoms with Crippen LogP contribution < -0.4 is 0 Å². The Morgan fingerprint density at radius 2 is 0.620 bits per heavy atom. The molecular formula is C47H31N3. The summed E-state index contributed by atoms with van der Waals surface area (Å²) in [5.74, 6) is 1.94. The van der Waals surface area contributed by atoms with Crippen molar-refractivity contribution in [2.45, 2.75) is 0 Å². The fraction of sp³-hybridized carbons (Fsp3) is 0. The molecule has 3 nitrogen and oxygen atoms in total. The van der Waals surface area contributed by atoms with E-state index in [9.17, 15) is 0 Å². The normalized spacial score (nSPS) is 11.2. The molecule has 3 heteroatoms. The smallest absolute Gasteiger partial charge is 0.164 e. The first kappa shape index (κ1) is 29.4. The Bertz CT molecular complexity index is 2610. The average Bonchev–Trinajstić information content (AvgIpc) is 3.21. The average molecular weight is 638 g/mol. The highest BCUT2D eigenvalue weighted by Crippen LogP contribution is 2.37. The fourth-order valence-electron chi connectivity index (χ4n) is 6.75. The van der Waals surface area contributed by atoms with Gasteiger partial charge in [-0.3, -0.25) is 0 Å². The van der Waals surface area contributed by atoms with Crippen molar-refractivity contribution >= 4 is 21.5 Å². The van der Waals surface area contributed by atoms with Gasteiger partial charge in [0.1, 0.15) is 0 Å². The van der Waals surface area contributed by atoms with Crippen LogP contribution in [0.15, 0.2) is 188 Å². The molecule has 0 bridgehead atoms. The van der Waals surface area contributed by atoms with Gasteiger partial charge in [-0.2, -0.15) is 0 Å². The third kappa shape index (κ3) is 5.61. The van der Waals surface area contributed by atoms with Crippen LogP contribution in [0.4, 0.5) is 0 Å². The second kappa shape index (κ2) is 12.7. The van der Waals surface area contributed by atoms with Crippen LogP contribution in [0.1, 0.15) is 0 Å². The summed E-state index contributed by atoms with van der Waals surface area (Å²) in [4.78, 5) is 15.2. The lowest BCUT2D eigenvalue weighted by Gasteiger charge is -2.14. The van der Waals surface area contributed by atoms with Crippen molar-refractivity contribution in [3.63, 3.8) is 0 Å². The Morgan fingerprint density at radius 3 is 1.24 bits per heavy atom. The van der Waals surface area contributed by atoms with Gasteiger partial charge in [-0.05, 0) is 73.1 Å². The highest BCUT2D eigenvalue weighted by atomic mass is 15.0. The highest BCUT2D eigenvalue weighted by molar-refractivity contribution is 6.05. The Balaban J connectivity index is 1.15. The van der Waals surface area contributed by atoms with Gasteiger partial charge in [-0.15, -0.1) is 0 Å². The molecule has 0 radical (unpaired) electrons. The monoisotopic (exact) mass is 637 g/mol. The lowest BCUT2D eigenvalue weighted by atomic mass is 9.93. The summed E-state index contributed by atoms with van der Waals surface area (Å²) in [5, 5.41) is 4.68. The highest BCUT2D eigenvalue weighted by Gasteiger charge is 2.16. The number of aromatic nitrogens is 3. The maximum Gasteiger partial charge on any atom is 0.164 e. The number of fused-ring (bicyclic) bond motifs is 2. The van der Waals surface area contributed by atoms with E-state index in [1.165, 1.54) is 38.6 Å². The molecule has 0 saturated carbocycles. The lowest BCUT2D eigenvalue weighted by molar-refractivity contribution is 1.08. The number of nitrogens with zero attached hydrogens (tertiary/aromatic N) is 3. The molecule has 0 aliphatic rings. The molecule has 1 aromatic heterocycles. The molecule has 234 valence electrons. The van der Waals surface area contributed by atoms with Crippen LogP contribution in [-0.4, -0.2) is 15.0 Å². The molecule has 50 heavy (non-hydrogen) atoms. The van der Waals surface area contributed by atoms with Gasteiger partial charge in [0, 0.05) is 16.7 Å². The molecule has 1 heterocycles. The van der Waals surface area contributed by atoms with Crippen LogP contribution in [0, 0.1) is 0 Å². The van der Waals surface area contributed by atoms with Crippen molar-refractivity contribution in [2.75, 3.05) is 0 Å². The minimum atomic E-state index is 0.644. The topological polar surface area (TPSA) is 38.7 Å². The fourth-order valence-corrected chi connectivity index (χ4v) is 6.75. The molecule has 0 fully saturated rings. The summed E-state index contributed by atoms with van der Waals surface area (Å²) in [5.41, 5.74) is 9.98. The summed E-state index contributed by atoms with van der Waals surface area (Å²) >= 11 is 0. The molecular weight excluding hydrogens is 607 g/mol. The van der Waals surface area contributed by atoms with Crippen LogP contribution in [0.2, 0.25) is 0 Å². The number of benzene rings is 8. The summed E-state index contributed by atoms with van der Waals surface area (Å²) in [6, 6.07) is 65.9. The van der Waals surface area contributed by atoms with E-state index < -0.39 is 0 Å². The second-order valence-corrected chi connectivity index (χ2v) is 12.5. The zero-order valence-corrected chi connectivity index (χ0v) is 27.2. The number of hydrogen-bond donors (Lipinski definition) is 0. The van der Waals surface area contributed by atoms with E-state index >= 15 is 0 Å². The van der Waals surface area contributed by atoms with E-state index in [1.54, 1.807) is 0 Å². The molecule has 0 spiro atoms. The van der Waals surface area contributed by atoms with E-state index in [-0.39, 0.29) is 0 Å². The second-order valence-electron chi connectivity index (χ2n) is 12.5. The van der Waals surface area contributed by atoms with Gasteiger partial charge in [0.25, 0.3) is 0 Å². The Labute approximate surface area is 291 Å². The van der Waals surface area contributed by atoms with E-state index in [0.717, 1.165) is 33.0 Å².